The van der Waals surface area contributed by atoms with Crippen molar-refractivity contribution in [2.75, 3.05) is 0 Å². The molecule has 1 fully saturated rings. The number of hydrogen-bond acceptors (Lipinski definition) is 2. The minimum Gasteiger partial charge on any atom is -0.302 e. The standard InChI is InChI=1S/C15H16ClN3/c1-19-10-7-13(18-19)14(17)15(8-2-9-15)11-3-5-12(16)6-4-11/h3-7,10,17H,2,8-9H2,1H3. The van der Waals surface area contributed by atoms with Gasteiger partial charge in [0.2, 0.25) is 0 Å². The van der Waals surface area contributed by atoms with Crippen LogP contribution in [0.1, 0.15) is 30.5 Å². The molecule has 0 atom stereocenters. The number of benzene rings is 1. The van der Waals surface area contributed by atoms with Crippen LogP contribution in [0.5, 0.6) is 0 Å². The molecule has 3 nitrogen and oxygen atoms in total. The Morgan fingerprint density at radius 2 is 1.95 bits per heavy atom. The van der Waals surface area contributed by atoms with E-state index in [2.05, 4.69) is 5.10 Å². The summed E-state index contributed by atoms with van der Waals surface area (Å²) in [6, 6.07) is 9.81. The van der Waals surface area contributed by atoms with E-state index >= 15 is 0 Å². The Balaban J connectivity index is 1.99. The normalized spacial score (nSPS) is 16.9. The predicted molar refractivity (Wildman–Crippen MR) is 77.0 cm³/mol. The quantitative estimate of drug-likeness (QED) is 0.854. The summed E-state index contributed by atoms with van der Waals surface area (Å²) in [5.74, 6) is 0. The van der Waals surface area contributed by atoms with Gasteiger partial charge in [0, 0.05) is 23.7 Å². The molecule has 0 spiro atoms. The zero-order chi connectivity index (χ0) is 13.5. The van der Waals surface area contributed by atoms with Crippen molar-refractivity contribution in [2.45, 2.75) is 24.7 Å². The molecule has 0 amide bonds. The summed E-state index contributed by atoms with van der Waals surface area (Å²) >= 11 is 5.95. The minimum absolute atomic E-state index is 0.168. The Hall–Kier alpha value is -1.61. The number of halogens is 1. The molecular weight excluding hydrogens is 258 g/mol. The molecule has 1 aromatic heterocycles. The second-order valence-corrected chi connectivity index (χ2v) is 5.63. The van der Waals surface area contributed by atoms with Crippen LogP contribution in [0.2, 0.25) is 5.02 Å². The third-order valence-electron chi connectivity index (χ3n) is 4.05. The van der Waals surface area contributed by atoms with E-state index in [1.165, 1.54) is 5.56 Å². The lowest BCUT2D eigenvalue weighted by molar-refractivity contribution is 0.339. The van der Waals surface area contributed by atoms with E-state index in [4.69, 9.17) is 17.0 Å². The molecule has 3 rings (SSSR count). The third kappa shape index (κ3) is 1.98. The number of aromatic nitrogens is 2. The fourth-order valence-corrected chi connectivity index (χ4v) is 2.90. The Bertz CT molecular complexity index is 609. The van der Waals surface area contributed by atoms with Crippen LogP contribution in [0.4, 0.5) is 0 Å². The first-order valence-electron chi connectivity index (χ1n) is 6.47. The molecule has 0 saturated heterocycles. The molecule has 0 bridgehead atoms. The molecule has 98 valence electrons. The lowest BCUT2D eigenvalue weighted by Crippen LogP contribution is -2.42. The zero-order valence-electron chi connectivity index (χ0n) is 10.9. The van der Waals surface area contributed by atoms with Crippen molar-refractivity contribution in [3.63, 3.8) is 0 Å². The molecule has 1 heterocycles. The third-order valence-corrected chi connectivity index (χ3v) is 4.30. The van der Waals surface area contributed by atoms with Crippen LogP contribution in [-0.2, 0) is 12.5 Å². The van der Waals surface area contributed by atoms with Gasteiger partial charge in [-0.1, -0.05) is 30.2 Å². The molecule has 4 heteroatoms. The zero-order valence-corrected chi connectivity index (χ0v) is 11.6. The Labute approximate surface area is 117 Å². The Morgan fingerprint density at radius 1 is 1.26 bits per heavy atom. The van der Waals surface area contributed by atoms with Crippen LogP contribution in [0.3, 0.4) is 0 Å². The fourth-order valence-electron chi connectivity index (χ4n) is 2.78. The van der Waals surface area contributed by atoms with Gasteiger partial charge in [-0.15, -0.1) is 0 Å². The highest BCUT2D eigenvalue weighted by Crippen LogP contribution is 2.46. The summed E-state index contributed by atoms with van der Waals surface area (Å²) in [5.41, 5.74) is 2.41. The maximum atomic E-state index is 8.53. The number of hydrogen-bond donors (Lipinski definition) is 1. The van der Waals surface area contributed by atoms with Crippen molar-refractivity contribution >= 4 is 17.3 Å². The van der Waals surface area contributed by atoms with E-state index in [1.54, 1.807) is 4.68 Å². The maximum Gasteiger partial charge on any atom is 0.107 e. The molecular formula is C15H16ClN3. The second kappa shape index (κ2) is 4.49. The van der Waals surface area contributed by atoms with Gasteiger partial charge in [0.25, 0.3) is 0 Å². The molecule has 0 aliphatic heterocycles. The van der Waals surface area contributed by atoms with Crippen molar-refractivity contribution in [2.24, 2.45) is 7.05 Å². The van der Waals surface area contributed by atoms with Gasteiger partial charge >= 0.3 is 0 Å². The summed E-state index contributed by atoms with van der Waals surface area (Å²) in [5, 5.41) is 13.6. The smallest absolute Gasteiger partial charge is 0.107 e. The van der Waals surface area contributed by atoms with E-state index in [1.807, 2.05) is 43.6 Å². The van der Waals surface area contributed by atoms with Crippen LogP contribution in [0, 0.1) is 5.41 Å². The van der Waals surface area contributed by atoms with Crippen LogP contribution in [0.15, 0.2) is 36.5 Å². The Kier molecular flexibility index (Phi) is 2.94. The predicted octanol–water partition coefficient (Wildman–Crippen LogP) is 3.56. The van der Waals surface area contributed by atoms with E-state index in [0.717, 1.165) is 30.0 Å². The Morgan fingerprint density at radius 3 is 2.42 bits per heavy atom. The first-order chi connectivity index (χ1) is 9.12. The average molecular weight is 274 g/mol. The van der Waals surface area contributed by atoms with Crippen LogP contribution >= 0.6 is 11.6 Å². The summed E-state index contributed by atoms with van der Waals surface area (Å²) in [4.78, 5) is 0. The second-order valence-electron chi connectivity index (χ2n) is 5.19. The van der Waals surface area contributed by atoms with Crippen LogP contribution < -0.4 is 0 Å². The summed E-state index contributed by atoms with van der Waals surface area (Å²) < 4.78 is 1.75. The highest BCUT2D eigenvalue weighted by molar-refractivity contribution is 6.30. The summed E-state index contributed by atoms with van der Waals surface area (Å²) in [6.07, 6.45) is 5.09. The summed E-state index contributed by atoms with van der Waals surface area (Å²) in [6.45, 7) is 0. The van der Waals surface area contributed by atoms with Gasteiger partial charge in [-0.05, 0) is 36.6 Å². The van der Waals surface area contributed by atoms with Gasteiger partial charge in [-0.25, -0.2) is 0 Å². The van der Waals surface area contributed by atoms with Gasteiger partial charge in [0.05, 0.1) is 5.71 Å². The molecule has 0 unspecified atom stereocenters. The highest BCUT2D eigenvalue weighted by Gasteiger charge is 2.43. The molecule has 1 aromatic carbocycles. The molecule has 1 saturated carbocycles. The first kappa shape index (κ1) is 12.4. The number of nitrogens with zero attached hydrogens (tertiary/aromatic N) is 2. The van der Waals surface area contributed by atoms with Crippen molar-refractivity contribution in [3.05, 3.63) is 52.8 Å². The van der Waals surface area contributed by atoms with Gasteiger partial charge < -0.3 is 5.41 Å². The minimum atomic E-state index is -0.168. The fraction of sp³-hybridized carbons (Fsp3) is 0.333. The molecule has 2 aromatic rings. The SMILES string of the molecule is Cn1ccc(C(=N)C2(c3ccc(Cl)cc3)CCC2)n1. The largest absolute Gasteiger partial charge is 0.302 e. The molecule has 1 aliphatic carbocycles. The number of rotatable bonds is 3. The highest BCUT2D eigenvalue weighted by atomic mass is 35.5. The maximum absolute atomic E-state index is 8.53. The molecule has 19 heavy (non-hydrogen) atoms. The summed E-state index contributed by atoms with van der Waals surface area (Å²) in [7, 11) is 1.88. The van der Waals surface area contributed by atoms with E-state index in [-0.39, 0.29) is 5.41 Å². The number of aryl methyl sites for hydroxylation is 1. The molecule has 0 radical (unpaired) electrons. The van der Waals surface area contributed by atoms with E-state index in [9.17, 15) is 0 Å². The van der Waals surface area contributed by atoms with Crippen molar-refractivity contribution in [3.8, 4) is 0 Å². The van der Waals surface area contributed by atoms with Crippen molar-refractivity contribution in [1.29, 1.82) is 5.41 Å². The van der Waals surface area contributed by atoms with Crippen LogP contribution in [0.25, 0.3) is 0 Å². The monoisotopic (exact) mass is 273 g/mol. The van der Waals surface area contributed by atoms with Gasteiger partial charge in [0.15, 0.2) is 0 Å². The van der Waals surface area contributed by atoms with E-state index < -0.39 is 0 Å². The van der Waals surface area contributed by atoms with Gasteiger partial charge in [-0.3, -0.25) is 4.68 Å². The van der Waals surface area contributed by atoms with Crippen molar-refractivity contribution < 1.29 is 0 Å². The lowest BCUT2D eigenvalue weighted by atomic mass is 9.61. The lowest BCUT2D eigenvalue weighted by Gasteiger charge is -2.42. The topological polar surface area (TPSA) is 41.7 Å². The van der Waals surface area contributed by atoms with Crippen molar-refractivity contribution in [1.82, 2.24) is 9.78 Å². The average Bonchev–Trinajstić information content (AvgIpc) is 2.77. The van der Waals surface area contributed by atoms with Crippen LogP contribution in [-0.4, -0.2) is 15.5 Å². The molecule has 1 N–H and O–H groups in total. The van der Waals surface area contributed by atoms with E-state index in [0.29, 0.717) is 5.71 Å². The van der Waals surface area contributed by atoms with Gasteiger partial charge in [0.1, 0.15) is 5.69 Å². The van der Waals surface area contributed by atoms with Gasteiger partial charge in [-0.2, -0.15) is 5.10 Å². The first-order valence-corrected chi connectivity index (χ1v) is 6.85. The molecule has 1 aliphatic rings. The number of nitrogens with one attached hydrogen (secondary N) is 1.